The van der Waals surface area contributed by atoms with Crippen LogP contribution in [0.3, 0.4) is 0 Å². The number of unbranched alkanes of at least 4 members (excludes halogenated alkanes) is 1. The molecule has 182 valence electrons. The zero-order chi connectivity index (χ0) is 24.8. The Hall–Kier alpha value is -3.31. The molecule has 1 amide bonds. The smallest absolute Gasteiger partial charge is 0.225 e. The van der Waals surface area contributed by atoms with Crippen molar-refractivity contribution in [1.82, 2.24) is 14.9 Å². The third kappa shape index (κ3) is 6.23. The Morgan fingerprint density at radius 1 is 1.03 bits per heavy atom. The Morgan fingerprint density at radius 2 is 1.80 bits per heavy atom. The van der Waals surface area contributed by atoms with E-state index in [4.69, 9.17) is 21.3 Å². The van der Waals surface area contributed by atoms with E-state index in [0.29, 0.717) is 13.0 Å². The van der Waals surface area contributed by atoms with E-state index >= 15 is 0 Å². The quantitative estimate of drug-likeness (QED) is 0.256. The molecule has 1 heterocycles. The number of hydrogen-bond acceptors (Lipinski definition) is 3. The molecule has 0 fully saturated rings. The van der Waals surface area contributed by atoms with Crippen LogP contribution in [0.15, 0.2) is 66.7 Å². The summed E-state index contributed by atoms with van der Waals surface area (Å²) in [5, 5.41) is 3.90. The molecular formula is C29H32ClN3O2. The highest BCUT2D eigenvalue weighted by Crippen LogP contribution is 2.23. The monoisotopic (exact) mass is 489 g/mol. The lowest BCUT2D eigenvalue weighted by Gasteiger charge is -2.17. The first-order valence-electron chi connectivity index (χ1n) is 12.1. The summed E-state index contributed by atoms with van der Waals surface area (Å²) >= 11 is 6.10. The fraction of sp³-hybridized carbons (Fsp3) is 0.310. The maximum atomic E-state index is 12.8. The van der Waals surface area contributed by atoms with Gasteiger partial charge in [-0.1, -0.05) is 48.0 Å². The molecule has 1 atom stereocenters. The predicted octanol–water partition coefficient (Wildman–Crippen LogP) is 6.59. The van der Waals surface area contributed by atoms with E-state index in [1.54, 1.807) is 0 Å². The molecule has 0 aliphatic heterocycles. The second-order valence-corrected chi connectivity index (χ2v) is 9.38. The van der Waals surface area contributed by atoms with E-state index < -0.39 is 0 Å². The highest BCUT2D eigenvalue weighted by Gasteiger charge is 2.18. The lowest BCUT2D eigenvalue weighted by molar-refractivity contribution is -0.121. The van der Waals surface area contributed by atoms with Crippen molar-refractivity contribution in [3.63, 3.8) is 0 Å². The van der Waals surface area contributed by atoms with Gasteiger partial charge in [0.25, 0.3) is 0 Å². The van der Waals surface area contributed by atoms with Crippen LogP contribution in [0, 0.1) is 13.8 Å². The van der Waals surface area contributed by atoms with Crippen molar-refractivity contribution < 1.29 is 9.53 Å². The maximum absolute atomic E-state index is 12.8. The first-order valence-corrected chi connectivity index (χ1v) is 12.5. The van der Waals surface area contributed by atoms with Crippen molar-refractivity contribution in [2.45, 2.75) is 52.6 Å². The largest absolute Gasteiger partial charge is 0.494 e. The second-order valence-electron chi connectivity index (χ2n) is 8.97. The van der Waals surface area contributed by atoms with Crippen LogP contribution in [0.2, 0.25) is 5.02 Å². The summed E-state index contributed by atoms with van der Waals surface area (Å²) in [6.07, 6.45) is 2.20. The number of para-hydroxylation sites is 2. The number of ether oxygens (including phenoxy) is 1. The summed E-state index contributed by atoms with van der Waals surface area (Å²) in [7, 11) is 0. The molecule has 4 aromatic rings. The van der Waals surface area contributed by atoms with Gasteiger partial charge in [0.15, 0.2) is 0 Å². The molecule has 1 unspecified atom stereocenters. The molecule has 0 saturated heterocycles. The number of imidazole rings is 1. The maximum Gasteiger partial charge on any atom is 0.225 e. The van der Waals surface area contributed by atoms with Crippen LogP contribution in [0.5, 0.6) is 5.75 Å². The van der Waals surface area contributed by atoms with Gasteiger partial charge in [0.1, 0.15) is 11.6 Å². The Morgan fingerprint density at radius 3 is 2.60 bits per heavy atom. The van der Waals surface area contributed by atoms with Crippen LogP contribution in [-0.4, -0.2) is 22.1 Å². The van der Waals surface area contributed by atoms with Crippen LogP contribution in [0.1, 0.15) is 48.3 Å². The number of carbonyl (C=O) groups is 1. The van der Waals surface area contributed by atoms with Gasteiger partial charge in [-0.2, -0.15) is 0 Å². The molecule has 35 heavy (non-hydrogen) atoms. The van der Waals surface area contributed by atoms with E-state index in [1.165, 1.54) is 0 Å². The normalized spacial score (nSPS) is 12.0. The molecule has 1 aromatic heterocycles. The Kier molecular flexibility index (Phi) is 8.09. The molecule has 0 saturated carbocycles. The fourth-order valence-corrected chi connectivity index (χ4v) is 4.38. The molecule has 4 rings (SSSR count). The first-order chi connectivity index (χ1) is 16.9. The number of carbonyl (C=O) groups excluding carboxylic acids is 1. The number of aromatic nitrogens is 2. The average molecular weight is 490 g/mol. The highest BCUT2D eigenvalue weighted by molar-refractivity contribution is 6.31. The molecule has 6 heteroatoms. The minimum atomic E-state index is -0.202. The standard InChI is InChI=1S/C29H32ClN3O2/c1-20-10-4-5-11-23(20)19-28(34)31-22(3)29-32-26-12-6-7-13-27(26)33(29)16-8-9-17-35-24-14-15-25(30)21(2)18-24/h4-7,10-15,18,22H,8-9,16-17,19H2,1-3H3,(H,31,34). The summed E-state index contributed by atoms with van der Waals surface area (Å²) in [6, 6.07) is 21.6. The van der Waals surface area contributed by atoms with Crippen molar-refractivity contribution in [3.05, 3.63) is 94.3 Å². The van der Waals surface area contributed by atoms with Crippen LogP contribution in [0.4, 0.5) is 0 Å². The number of aryl methyl sites for hydroxylation is 3. The molecule has 5 nitrogen and oxygen atoms in total. The Bertz CT molecular complexity index is 1310. The summed E-state index contributed by atoms with van der Waals surface area (Å²) in [6.45, 7) is 7.44. The lowest BCUT2D eigenvalue weighted by Crippen LogP contribution is -2.30. The summed E-state index contributed by atoms with van der Waals surface area (Å²) in [4.78, 5) is 17.6. The second kappa shape index (κ2) is 11.4. The van der Waals surface area contributed by atoms with Gasteiger partial charge in [-0.25, -0.2) is 4.98 Å². The molecule has 0 bridgehead atoms. The average Bonchev–Trinajstić information content (AvgIpc) is 3.21. The van der Waals surface area contributed by atoms with E-state index in [0.717, 1.165) is 63.7 Å². The zero-order valence-electron chi connectivity index (χ0n) is 20.6. The van der Waals surface area contributed by atoms with Crippen LogP contribution >= 0.6 is 11.6 Å². The van der Waals surface area contributed by atoms with Crippen molar-refractivity contribution in [2.75, 3.05) is 6.61 Å². The van der Waals surface area contributed by atoms with E-state index in [2.05, 4.69) is 16.0 Å². The van der Waals surface area contributed by atoms with Crippen LogP contribution in [-0.2, 0) is 17.8 Å². The number of nitrogens with one attached hydrogen (secondary N) is 1. The first kappa shape index (κ1) is 24.8. The molecule has 3 aromatic carbocycles. The van der Waals surface area contributed by atoms with Crippen molar-refractivity contribution in [1.29, 1.82) is 0 Å². The van der Waals surface area contributed by atoms with Crippen molar-refractivity contribution >= 4 is 28.5 Å². The summed E-state index contributed by atoms with van der Waals surface area (Å²) in [5.74, 6) is 1.71. The third-order valence-corrected chi connectivity index (χ3v) is 6.66. The number of halogens is 1. The van der Waals surface area contributed by atoms with Gasteiger partial charge in [-0.15, -0.1) is 0 Å². The van der Waals surface area contributed by atoms with Gasteiger partial charge in [0.2, 0.25) is 5.91 Å². The van der Waals surface area contributed by atoms with Gasteiger partial charge in [-0.3, -0.25) is 4.79 Å². The predicted molar refractivity (Wildman–Crippen MR) is 142 cm³/mol. The van der Waals surface area contributed by atoms with Gasteiger partial charge in [-0.05, 0) is 80.6 Å². The van der Waals surface area contributed by atoms with Crippen LogP contribution in [0.25, 0.3) is 11.0 Å². The summed E-state index contributed by atoms with van der Waals surface area (Å²) in [5.41, 5.74) is 5.20. The van der Waals surface area contributed by atoms with Gasteiger partial charge in [0, 0.05) is 11.6 Å². The molecule has 1 N–H and O–H groups in total. The zero-order valence-corrected chi connectivity index (χ0v) is 21.3. The fourth-order valence-electron chi connectivity index (χ4n) is 4.27. The highest BCUT2D eigenvalue weighted by atomic mass is 35.5. The SMILES string of the molecule is Cc1cc(OCCCCn2c(C(C)NC(=O)Cc3ccccc3C)nc3ccccc32)ccc1Cl. The minimum absolute atomic E-state index is 0.00272. The number of nitrogens with zero attached hydrogens (tertiary/aromatic N) is 2. The molecule has 0 radical (unpaired) electrons. The number of rotatable bonds is 10. The van der Waals surface area contributed by atoms with E-state index in [9.17, 15) is 4.79 Å². The molecule has 0 spiro atoms. The van der Waals surface area contributed by atoms with Gasteiger partial charge in [0.05, 0.1) is 30.1 Å². The number of fused-ring (bicyclic) bond motifs is 1. The third-order valence-electron chi connectivity index (χ3n) is 6.24. The van der Waals surface area contributed by atoms with Gasteiger partial charge >= 0.3 is 0 Å². The number of benzene rings is 3. The number of hydrogen-bond donors (Lipinski definition) is 1. The lowest BCUT2D eigenvalue weighted by atomic mass is 10.1. The topological polar surface area (TPSA) is 56.1 Å². The minimum Gasteiger partial charge on any atom is -0.494 e. The Labute approximate surface area is 212 Å². The van der Waals surface area contributed by atoms with Crippen LogP contribution < -0.4 is 10.1 Å². The van der Waals surface area contributed by atoms with Gasteiger partial charge < -0.3 is 14.6 Å². The van der Waals surface area contributed by atoms with E-state index in [1.807, 2.05) is 81.4 Å². The van der Waals surface area contributed by atoms with Crippen molar-refractivity contribution in [2.24, 2.45) is 0 Å². The van der Waals surface area contributed by atoms with E-state index in [-0.39, 0.29) is 11.9 Å². The van der Waals surface area contributed by atoms with Crippen molar-refractivity contribution in [3.8, 4) is 5.75 Å². The summed E-state index contributed by atoms with van der Waals surface area (Å²) < 4.78 is 8.13. The Balaban J connectivity index is 1.39. The molecular weight excluding hydrogens is 458 g/mol. The molecule has 0 aliphatic rings. The molecule has 0 aliphatic carbocycles. The number of amides is 1.